The Hall–Kier alpha value is -3.39. The van der Waals surface area contributed by atoms with Crippen molar-refractivity contribution in [1.29, 1.82) is 0 Å². The van der Waals surface area contributed by atoms with Crippen LogP contribution in [0.4, 0.5) is 5.95 Å². The summed E-state index contributed by atoms with van der Waals surface area (Å²) in [6.07, 6.45) is 1.85. The lowest BCUT2D eigenvalue weighted by Crippen LogP contribution is -2.49. The number of aromatic nitrogens is 4. The molecular formula is C26H30N6O2. The molecule has 176 valence electrons. The number of benzene rings is 1. The van der Waals surface area contributed by atoms with E-state index in [4.69, 9.17) is 14.2 Å². The molecule has 0 bridgehead atoms. The normalized spacial score (nSPS) is 18.6. The van der Waals surface area contributed by atoms with Gasteiger partial charge >= 0.3 is 0 Å². The van der Waals surface area contributed by atoms with E-state index in [0.717, 1.165) is 77.2 Å². The molecule has 5 heterocycles. The highest BCUT2D eigenvalue weighted by Gasteiger charge is 2.34. The molecule has 6 rings (SSSR count). The standard InChI is InChI=1S/C26H30N6O2/c1-16(2)30-11-13-31(14-12-30)26-28-21-9-8-19(23-17(3)29-34-18(23)4)25-24(21)32(26)22(15-33-25)20-7-5-6-10-27-20/h5-10,16,22H,11-15H2,1-4H3/t22-/m1/s1. The summed E-state index contributed by atoms with van der Waals surface area (Å²) in [6, 6.07) is 10.7. The number of ether oxygens (including phenoxy) is 1. The predicted octanol–water partition coefficient (Wildman–Crippen LogP) is 4.22. The third kappa shape index (κ3) is 3.27. The second kappa shape index (κ2) is 8.13. The van der Waals surface area contributed by atoms with Gasteiger partial charge in [-0.2, -0.15) is 0 Å². The van der Waals surface area contributed by atoms with Gasteiger partial charge in [0.05, 0.1) is 22.5 Å². The van der Waals surface area contributed by atoms with Crippen LogP contribution < -0.4 is 9.64 Å². The van der Waals surface area contributed by atoms with Crippen LogP contribution in [0.5, 0.6) is 5.75 Å². The molecule has 1 saturated heterocycles. The fraction of sp³-hybridized carbons (Fsp3) is 0.423. The number of pyridine rings is 1. The van der Waals surface area contributed by atoms with Gasteiger partial charge in [0, 0.05) is 44.0 Å². The summed E-state index contributed by atoms with van der Waals surface area (Å²) >= 11 is 0. The number of hydrogen-bond acceptors (Lipinski definition) is 7. The number of nitrogens with zero attached hydrogens (tertiary/aromatic N) is 6. The Morgan fingerprint density at radius 3 is 2.53 bits per heavy atom. The van der Waals surface area contributed by atoms with Gasteiger partial charge in [-0.1, -0.05) is 11.2 Å². The van der Waals surface area contributed by atoms with Crippen molar-refractivity contribution < 1.29 is 9.26 Å². The van der Waals surface area contributed by atoms with Gasteiger partial charge in [0.25, 0.3) is 0 Å². The van der Waals surface area contributed by atoms with E-state index in [0.29, 0.717) is 12.6 Å². The van der Waals surface area contributed by atoms with Crippen molar-refractivity contribution in [3.63, 3.8) is 0 Å². The largest absolute Gasteiger partial charge is 0.488 e. The van der Waals surface area contributed by atoms with Crippen molar-refractivity contribution in [2.45, 2.75) is 39.8 Å². The lowest BCUT2D eigenvalue weighted by molar-refractivity contribution is 0.206. The molecule has 1 atom stereocenters. The predicted molar refractivity (Wildman–Crippen MR) is 131 cm³/mol. The first-order chi connectivity index (χ1) is 16.5. The van der Waals surface area contributed by atoms with Crippen LogP contribution in [-0.2, 0) is 0 Å². The summed E-state index contributed by atoms with van der Waals surface area (Å²) < 4.78 is 14.3. The number of imidazole rings is 1. The maximum atomic E-state index is 6.48. The molecule has 8 nitrogen and oxygen atoms in total. The SMILES string of the molecule is Cc1noc(C)c1-c1ccc2nc(N3CCN(C(C)C)CC3)n3c2c1OC[C@@H]3c1ccccn1. The Morgan fingerprint density at radius 1 is 1.03 bits per heavy atom. The van der Waals surface area contributed by atoms with Crippen molar-refractivity contribution in [3.05, 3.63) is 53.7 Å². The minimum Gasteiger partial charge on any atom is -0.488 e. The average molecular weight is 459 g/mol. The topological polar surface area (TPSA) is 72.5 Å². The second-order valence-corrected chi connectivity index (χ2v) is 9.49. The Bertz CT molecular complexity index is 1320. The van der Waals surface area contributed by atoms with Gasteiger partial charge in [0.1, 0.15) is 23.9 Å². The second-order valence-electron chi connectivity index (χ2n) is 9.49. The number of rotatable bonds is 4. The number of anilines is 1. The molecule has 3 aromatic heterocycles. The van der Waals surface area contributed by atoms with Crippen LogP contribution in [0.1, 0.15) is 37.0 Å². The molecule has 0 unspecified atom stereocenters. The maximum Gasteiger partial charge on any atom is 0.207 e. The van der Waals surface area contributed by atoms with Crippen LogP contribution in [-0.4, -0.2) is 63.4 Å². The van der Waals surface area contributed by atoms with Gasteiger partial charge < -0.3 is 14.2 Å². The number of piperazine rings is 1. The van der Waals surface area contributed by atoms with Crippen molar-refractivity contribution >= 4 is 17.0 Å². The van der Waals surface area contributed by atoms with E-state index in [9.17, 15) is 0 Å². The molecule has 2 aliphatic heterocycles. The Kier molecular flexibility index (Phi) is 5.06. The lowest BCUT2D eigenvalue weighted by atomic mass is 10.0. The van der Waals surface area contributed by atoms with Gasteiger partial charge in [-0.25, -0.2) is 4.98 Å². The van der Waals surface area contributed by atoms with Crippen LogP contribution in [0, 0.1) is 13.8 Å². The average Bonchev–Trinajstić information content (AvgIpc) is 3.41. The van der Waals surface area contributed by atoms with E-state index < -0.39 is 0 Å². The van der Waals surface area contributed by atoms with Gasteiger partial charge in [0.15, 0.2) is 5.75 Å². The van der Waals surface area contributed by atoms with E-state index >= 15 is 0 Å². The van der Waals surface area contributed by atoms with E-state index in [1.54, 1.807) is 0 Å². The lowest BCUT2D eigenvalue weighted by Gasteiger charge is -2.38. The Labute approximate surface area is 199 Å². The van der Waals surface area contributed by atoms with Gasteiger partial charge in [-0.15, -0.1) is 0 Å². The zero-order valence-corrected chi connectivity index (χ0v) is 20.2. The molecule has 0 radical (unpaired) electrons. The Balaban J connectivity index is 1.53. The monoisotopic (exact) mass is 458 g/mol. The third-order valence-electron chi connectivity index (χ3n) is 7.14. The summed E-state index contributed by atoms with van der Waals surface area (Å²) in [5.41, 5.74) is 5.79. The van der Waals surface area contributed by atoms with E-state index in [1.165, 1.54) is 0 Å². The molecule has 2 aliphatic rings. The highest BCUT2D eigenvalue weighted by atomic mass is 16.5. The zero-order valence-electron chi connectivity index (χ0n) is 20.2. The molecule has 8 heteroatoms. The highest BCUT2D eigenvalue weighted by Crippen LogP contribution is 2.45. The van der Waals surface area contributed by atoms with Gasteiger partial charge in [0.2, 0.25) is 5.95 Å². The van der Waals surface area contributed by atoms with E-state index in [1.807, 2.05) is 32.2 Å². The zero-order chi connectivity index (χ0) is 23.4. The van der Waals surface area contributed by atoms with Gasteiger partial charge in [-0.3, -0.25) is 14.5 Å². The minimum absolute atomic E-state index is 0.0447. The first-order valence-corrected chi connectivity index (χ1v) is 12.0. The van der Waals surface area contributed by atoms with E-state index in [2.05, 4.69) is 56.6 Å². The summed E-state index contributed by atoms with van der Waals surface area (Å²) in [5, 5.41) is 4.18. The molecule has 0 spiro atoms. The first-order valence-electron chi connectivity index (χ1n) is 12.0. The van der Waals surface area contributed by atoms with Crippen molar-refractivity contribution in [1.82, 2.24) is 24.6 Å². The maximum absolute atomic E-state index is 6.48. The fourth-order valence-electron chi connectivity index (χ4n) is 5.34. The third-order valence-corrected chi connectivity index (χ3v) is 7.14. The van der Waals surface area contributed by atoms with Gasteiger partial charge in [-0.05, 0) is 52.0 Å². The molecule has 0 N–H and O–H groups in total. The van der Waals surface area contributed by atoms with Crippen LogP contribution in [0.2, 0.25) is 0 Å². The minimum atomic E-state index is -0.0447. The first kappa shape index (κ1) is 21.2. The Morgan fingerprint density at radius 2 is 1.85 bits per heavy atom. The molecule has 0 amide bonds. The van der Waals surface area contributed by atoms with Crippen molar-refractivity contribution in [2.75, 3.05) is 37.7 Å². The number of hydrogen-bond donors (Lipinski definition) is 0. The summed E-state index contributed by atoms with van der Waals surface area (Å²) in [6.45, 7) is 12.9. The van der Waals surface area contributed by atoms with Crippen LogP contribution in [0.25, 0.3) is 22.2 Å². The van der Waals surface area contributed by atoms with E-state index in [-0.39, 0.29) is 6.04 Å². The van der Waals surface area contributed by atoms with Crippen LogP contribution in [0.15, 0.2) is 41.1 Å². The summed E-state index contributed by atoms with van der Waals surface area (Å²) in [4.78, 5) is 14.8. The van der Waals surface area contributed by atoms with Crippen molar-refractivity contribution in [2.24, 2.45) is 0 Å². The van der Waals surface area contributed by atoms with Crippen molar-refractivity contribution in [3.8, 4) is 16.9 Å². The smallest absolute Gasteiger partial charge is 0.207 e. The molecule has 0 saturated carbocycles. The van der Waals surface area contributed by atoms with Crippen LogP contribution in [0.3, 0.4) is 0 Å². The van der Waals surface area contributed by atoms with Crippen LogP contribution >= 0.6 is 0 Å². The summed E-state index contributed by atoms with van der Waals surface area (Å²) in [7, 11) is 0. The molecule has 1 aromatic carbocycles. The highest BCUT2D eigenvalue weighted by molar-refractivity contribution is 5.94. The molecule has 34 heavy (non-hydrogen) atoms. The number of aryl methyl sites for hydroxylation is 2. The summed E-state index contributed by atoms with van der Waals surface area (Å²) in [5.74, 6) is 2.63. The fourth-order valence-corrected chi connectivity index (χ4v) is 5.34. The molecular weight excluding hydrogens is 428 g/mol. The molecule has 1 fully saturated rings. The molecule has 4 aromatic rings. The quantitative estimate of drug-likeness (QED) is 0.453. The molecule has 0 aliphatic carbocycles.